The Labute approximate surface area is 635 Å². The maximum Gasteiger partial charge on any atom is 0.0433 e. The van der Waals surface area contributed by atoms with Crippen molar-refractivity contribution in [3.8, 4) is 208 Å². The second kappa shape index (κ2) is 25.9. The molecular formula is C108H72. The summed E-state index contributed by atoms with van der Waals surface area (Å²) in [6.07, 6.45) is 42.8. The Bertz CT molecular complexity index is 5750. The highest BCUT2D eigenvalue weighted by Crippen LogP contribution is 2.58. The summed E-state index contributed by atoms with van der Waals surface area (Å²) >= 11 is 0. The second-order valence-corrected chi connectivity index (χ2v) is 30.2. The first-order valence-corrected chi connectivity index (χ1v) is 37.5. The van der Waals surface area contributed by atoms with Crippen molar-refractivity contribution < 1.29 is 0 Å². The van der Waals surface area contributed by atoms with Gasteiger partial charge in [-0.05, 0) is 274 Å². The zero-order valence-corrected chi connectivity index (χ0v) is 60.0. The third kappa shape index (κ3) is 10.3. The van der Waals surface area contributed by atoms with Crippen LogP contribution in [0.4, 0.5) is 0 Å². The van der Waals surface area contributed by atoms with E-state index in [1.54, 1.807) is 0 Å². The number of hydrogen-bond donors (Lipinski definition) is 0. The van der Waals surface area contributed by atoms with Crippen LogP contribution in [-0.4, -0.2) is 0 Å². The molecule has 0 heteroatoms. The molecule has 0 spiro atoms. The Morgan fingerprint density at radius 2 is 0.370 bits per heavy atom. The molecule has 14 aromatic rings. The van der Waals surface area contributed by atoms with Gasteiger partial charge in [-0.25, -0.2) is 0 Å². The van der Waals surface area contributed by atoms with Crippen LogP contribution >= 0.6 is 0 Å². The Kier molecular flexibility index (Phi) is 15.7. The summed E-state index contributed by atoms with van der Waals surface area (Å²) in [5.41, 5.74) is 43.6. The summed E-state index contributed by atoms with van der Waals surface area (Å²) < 4.78 is 0. The molecule has 0 saturated carbocycles. The van der Waals surface area contributed by atoms with E-state index in [0.29, 0.717) is 38.5 Å². The highest BCUT2D eigenvalue weighted by Gasteiger charge is 2.45. The first-order chi connectivity index (χ1) is 53.1. The van der Waals surface area contributed by atoms with Crippen molar-refractivity contribution in [2.24, 2.45) is 0 Å². The third-order valence-electron chi connectivity index (χ3n) is 24.5. The van der Waals surface area contributed by atoms with Gasteiger partial charge in [-0.3, -0.25) is 0 Å². The highest BCUT2D eigenvalue weighted by atomic mass is 14.5. The molecule has 0 radical (unpaired) electrons. The molecule has 0 nitrogen and oxygen atoms in total. The van der Waals surface area contributed by atoms with Crippen molar-refractivity contribution >= 4 is 0 Å². The number of terminal acetylenes is 6. The Morgan fingerprint density at radius 3 is 0.620 bits per heavy atom. The predicted molar refractivity (Wildman–Crippen MR) is 450 cm³/mol. The molecule has 0 N–H and O–H groups in total. The standard InChI is InChI=1S/C63H42.C45H30/c1-7-31-61(32-8-2)55-22-16-13-19-49(55)52-28-25-43(40-58(52)61)46-37-47(44-26-29-53-50-20-14-17-23-56(50)62(33-9-3,34-10-4)59(53)41-44)39-48(38-46)45-27-30-54-51-21-15-18-24-57(51)63(35-11-5,36-12-6)60(54)42-45;1-4-10-40-31(7-1)22-37-19-28(13-16-43(37)40)34-25-35(29-14-17-44-38(20-29)23-32-8-2-5-11-41(32)44)27-36(26-34)30-15-18-45-39(21-30)24-33-9-3-6-12-42(33)45/h1-6,13-30,37-42H,31-36H2;1-21,25-27H,22-24H2. The first-order valence-electron chi connectivity index (χ1n) is 37.5. The average Bonchev–Trinajstić information content (AvgIpc) is 1.72. The topological polar surface area (TPSA) is 0 Å². The van der Waals surface area contributed by atoms with Crippen molar-refractivity contribution in [2.45, 2.75) is 74.0 Å². The van der Waals surface area contributed by atoms with E-state index in [1.807, 2.05) is 0 Å². The molecule has 0 atom stereocenters. The molecule has 0 aromatic heterocycles. The fraction of sp³-hybridized carbons (Fsp3) is 0.111. The SMILES string of the molecule is C#CCC1(CC#C)c2ccccc2-c2ccc(-c3cc(-c4ccc5c(c4)C(CC#C)(CC#C)c4ccccc4-5)cc(-c4ccc5c(c4)C(CC#C)(CC#C)c4ccccc4-5)c3)cc21.c1ccc2c(c1)Cc1cc(-c3cc(-c4ccc5c(c4)Cc4ccccc4-5)cc(-c4ccc5c(c4)Cc4ccccc4-5)c3)ccc1-2. The summed E-state index contributed by atoms with van der Waals surface area (Å²) in [5, 5.41) is 0. The van der Waals surface area contributed by atoms with Crippen LogP contribution in [0.2, 0.25) is 0 Å². The van der Waals surface area contributed by atoms with E-state index in [9.17, 15) is 0 Å². The molecule has 6 aliphatic carbocycles. The van der Waals surface area contributed by atoms with E-state index < -0.39 is 16.2 Å². The van der Waals surface area contributed by atoms with E-state index >= 15 is 0 Å². The molecule has 0 saturated heterocycles. The average molecular weight is 1370 g/mol. The van der Waals surface area contributed by atoms with Gasteiger partial charge < -0.3 is 0 Å². The quantitative estimate of drug-likeness (QED) is 0.107. The molecule has 0 heterocycles. The van der Waals surface area contributed by atoms with Crippen molar-refractivity contribution in [3.05, 3.63) is 358 Å². The van der Waals surface area contributed by atoms with E-state index in [2.05, 4.69) is 327 Å². The Balaban J connectivity index is 0.000000155. The molecule has 0 fully saturated rings. The summed E-state index contributed by atoms with van der Waals surface area (Å²) in [6.45, 7) is 0. The third-order valence-corrected chi connectivity index (χ3v) is 24.5. The lowest BCUT2D eigenvalue weighted by atomic mass is 9.72. The van der Waals surface area contributed by atoms with Crippen LogP contribution in [0.15, 0.2) is 291 Å². The maximum absolute atomic E-state index is 6.14. The maximum atomic E-state index is 6.14. The zero-order chi connectivity index (χ0) is 72.8. The van der Waals surface area contributed by atoms with Gasteiger partial charge in [0.2, 0.25) is 0 Å². The van der Waals surface area contributed by atoms with E-state index in [4.69, 9.17) is 38.5 Å². The van der Waals surface area contributed by atoms with Gasteiger partial charge in [0.1, 0.15) is 0 Å². The second-order valence-electron chi connectivity index (χ2n) is 30.2. The smallest absolute Gasteiger partial charge is 0.0433 e. The van der Waals surface area contributed by atoms with Crippen molar-refractivity contribution in [1.29, 1.82) is 0 Å². The number of fused-ring (bicyclic) bond motifs is 18. The fourth-order valence-corrected chi connectivity index (χ4v) is 19.5. The van der Waals surface area contributed by atoms with Gasteiger partial charge in [-0.1, -0.05) is 237 Å². The summed E-state index contributed by atoms with van der Waals surface area (Å²) in [4.78, 5) is 0. The minimum Gasteiger partial charge on any atom is -0.120 e. The van der Waals surface area contributed by atoms with Crippen molar-refractivity contribution in [2.75, 3.05) is 0 Å². The molecule has 504 valence electrons. The molecule has 108 heavy (non-hydrogen) atoms. The van der Waals surface area contributed by atoms with Crippen molar-refractivity contribution in [3.63, 3.8) is 0 Å². The van der Waals surface area contributed by atoms with Crippen LogP contribution in [0.1, 0.15) is 105 Å². The van der Waals surface area contributed by atoms with E-state index in [-0.39, 0.29) is 0 Å². The summed E-state index contributed by atoms with van der Waals surface area (Å²) in [7, 11) is 0. The largest absolute Gasteiger partial charge is 0.120 e. The molecule has 0 unspecified atom stereocenters. The Hall–Kier alpha value is -13.6. The molecule has 6 aliphatic rings. The van der Waals surface area contributed by atoms with Gasteiger partial charge in [0.15, 0.2) is 0 Å². The number of hydrogen-bond acceptors (Lipinski definition) is 0. The van der Waals surface area contributed by atoms with Crippen LogP contribution in [-0.2, 0) is 35.5 Å². The van der Waals surface area contributed by atoms with E-state index in [1.165, 1.54) is 150 Å². The summed E-state index contributed by atoms with van der Waals surface area (Å²) in [6, 6.07) is 108. The van der Waals surface area contributed by atoms with Gasteiger partial charge in [0.05, 0.1) is 0 Å². The van der Waals surface area contributed by atoms with Crippen LogP contribution in [0.3, 0.4) is 0 Å². The number of rotatable bonds is 12. The highest BCUT2D eigenvalue weighted by molar-refractivity contribution is 5.93. The number of benzene rings is 14. The lowest BCUT2D eigenvalue weighted by Crippen LogP contribution is -2.24. The monoisotopic (exact) mass is 1370 g/mol. The van der Waals surface area contributed by atoms with Gasteiger partial charge in [0, 0.05) is 54.8 Å². The zero-order valence-electron chi connectivity index (χ0n) is 60.0. The molecule has 0 amide bonds. The molecular weight excluding hydrogens is 1300 g/mol. The van der Waals surface area contributed by atoms with Crippen LogP contribution < -0.4 is 0 Å². The Morgan fingerprint density at radius 1 is 0.176 bits per heavy atom. The fourth-order valence-electron chi connectivity index (χ4n) is 19.5. The molecule has 14 aromatic carbocycles. The molecule has 0 bridgehead atoms. The van der Waals surface area contributed by atoms with Gasteiger partial charge in [-0.2, -0.15) is 0 Å². The molecule has 20 rings (SSSR count). The van der Waals surface area contributed by atoms with Crippen molar-refractivity contribution in [1.82, 2.24) is 0 Å². The predicted octanol–water partition coefficient (Wildman–Crippen LogP) is 25.0. The lowest BCUT2D eigenvalue weighted by molar-refractivity contribution is 0.560. The van der Waals surface area contributed by atoms with Crippen LogP contribution in [0.5, 0.6) is 0 Å². The first kappa shape index (κ1) is 65.2. The minimum atomic E-state index is -0.495. The van der Waals surface area contributed by atoms with Gasteiger partial charge >= 0.3 is 0 Å². The lowest BCUT2D eigenvalue weighted by Gasteiger charge is -2.29. The summed E-state index contributed by atoms with van der Waals surface area (Å²) in [5.74, 6) is 18.0. The minimum absolute atomic E-state index is 0.495. The van der Waals surface area contributed by atoms with Crippen LogP contribution in [0.25, 0.3) is 134 Å². The van der Waals surface area contributed by atoms with Gasteiger partial charge in [0.25, 0.3) is 0 Å². The van der Waals surface area contributed by atoms with E-state index in [0.717, 1.165) is 69.3 Å². The van der Waals surface area contributed by atoms with Crippen LogP contribution in [0, 0.1) is 74.1 Å². The normalized spacial score (nSPS) is 13.8. The molecule has 0 aliphatic heterocycles. The van der Waals surface area contributed by atoms with Gasteiger partial charge in [-0.15, -0.1) is 74.1 Å².